The van der Waals surface area contributed by atoms with E-state index in [4.69, 9.17) is 5.11 Å². The summed E-state index contributed by atoms with van der Waals surface area (Å²) in [7, 11) is 3.72. The first-order valence-electron chi connectivity index (χ1n) is 5.65. The molecule has 1 amide bonds. The van der Waals surface area contributed by atoms with E-state index in [-0.39, 0.29) is 24.9 Å². The Kier molecular flexibility index (Phi) is 7.54. The molecular formula is C11H22N2O3. The average Bonchev–Trinajstić information content (AvgIpc) is 2.17. The minimum atomic E-state index is -0.893. The van der Waals surface area contributed by atoms with Gasteiger partial charge in [0.25, 0.3) is 0 Å². The van der Waals surface area contributed by atoms with Crippen LogP contribution in [0, 0.1) is 0 Å². The number of carbonyl (C=O) groups excluding carboxylic acids is 1. The van der Waals surface area contributed by atoms with Crippen LogP contribution in [0.2, 0.25) is 0 Å². The first kappa shape index (κ1) is 14.9. The van der Waals surface area contributed by atoms with Crippen molar-refractivity contribution in [2.75, 3.05) is 20.6 Å². The molecule has 0 aliphatic rings. The number of hydrogen-bond acceptors (Lipinski definition) is 3. The maximum absolute atomic E-state index is 11.7. The number of unbranched alkanes of at least 4 members (excludes halogenated alkanes) is 1. The molecule has 0 aromatic carbocycles. The first-order valence-corrected chi connectivity index (χ1v) is 5.65. The van der Waals surface area contributed by atoms with E-state index in [1.807, 2.05) is 19.0 Å². The fourth-order valence-corrected chi connectivity index (χ4v) is 1.43. The Morgan fingerprint density at radius 1 is 1.38 bits per heavy atom. The molecule has 0 spiro atoms. The minimum absolute atomic E-state index is 0.0281. The third kappa shape index (κ3) is 6.40. The monoisotopic (exact) mass is 234 g/mol. The summed E-state index contributed by atoms with van der Waals surface area (Å²) >= 11 is 0. The molecule has 0 saturated heterocycles. The van der Waals surface area contributed by atoms with E-state index in [1.54, 1.807) is 0 Å². The van der Waals surface area contributed by atoms with Crippen LogP contribution in [0.1, 0.15) is 32.6 Å². The molecule has 0 radical (unpaired) electrons. The molecule has 0 aromatic rings. The summed E-state index contributed by atoms with van der Waals surface area (Å²) in [5, 5.41) is 11.1. The van der Waals surface area contributed by atoms with Crippen LogP contribution in [0.25, 0.3) is 0 Å². The second kappa shape index (κ2) is 8.10. The highest BCUT2D eigenvalue weighted by atomic mass is 16.4. The van der Waals surface area contributed by atoms with Gasteiger partial charge >= 0.3 is 5.97 Å². The van der Waals surface area contributed by atoms with Gasteiger partial charge in [0.1, 0.15) is 0 Å². The van der Waals surface area contributed by atoms with Crippen molar-refractivity contribution in [3.8, 4) is 0 Å². The zero-order chi connectivity index (χ0) is 12.6. The lowest BCUT2D eigenvalue weighted by molar-refractivity contribution is -0.137. The van der Waals surface area contributed by atoms with Crippen LogP contribution in [-0.2, 0) is 9.59 Å². The maximum atomic E-state index is 11.7. The van der Waals surface area contributed by atoms with E-state index < -0.39 is 5.97 Å². The highest BCUT2D eigenvalue weighted by molar-refractivity contribution is 5.82. The fourth-order valence-electron chi connectivity index (χ4n) is 1.43. The van der Waals surface area contributed by atoms with Gasteiger partial charge in [0, 0.05) is 6.54 Å². The van der Waals surface area contributed by atoms with Crippen LogP contribution < -0.4 is 5.32 Å². The summed E-state index contributed by atoms with van der Waals surface area (Å²) in [5.41, 5.74) is 0. The standard InChI is InChI=1S/C11H22N2O3/c1-4-5-6-9(13(2)3)11(16)12-8-7-10(14)15/h9H,4-8H2,1-3H3,(H,12,16)(H,14,15)/i1+1,4+1,8+1,11+1. The van der Waals surface area contributed by atoms with Gasteiger partial charge in [-0.3, -0.25) is 14.5 Å². The van der Waals surface area contributed by atoms with Gasteiger partial charge in [-0.2, -0.15) is 0 Å². The van der Waals surface area contributed by atoms with E-state index in [2.05, 4.69) is 12.2 Å². The third-order valence-corrected chi connectivity index (χ3v) is 2.40. The van der Waals surface area contributed by atoms with Gasteiger partial charge in [-0.05, 0) is 20.5 Å². The Balaban J connectivity index is 4.01. The van der Waals surface area contributed by atoms with Crippen molar-refractivity contribution < 1.29 is 14.7 Å². The SMILES string of the molecule is CN(C)C(CC[13CH2][13CH3])[13C](=O)N[13CH2]CC(=O)O. The molecule has 1 unspecified atom stereocenters. The molecule has 5 heteroatoms. The lowest BCUT2D eigenvalue weighted by Crippen LogP contribution is -2.44. The van der Waals surface area contributed by atoms with E-state index in [0.717, 1.165) is 19.3 Å². The predicted octanol–water partition coefficient (Wildman–Crippen LogP) is 0.698. The van der Waals surface area contributed by atoms with Crippen LogP contribution >= 0.6 is 0 Å². The molecular weight excluding hydrogens is 212 g/mol. The zero-order valence-corrected chi connectivity index (χ0v) is 10.3. The molecule has 0 fully saturated rings. The second-order valence-corrected chi connectivity index (χ2v) is 4.06. The summed E-state index contributed by atoms with van der Waals surface area (Å²) < 4.78 is 0. The Hall–Kier alpha value is -1.10. The average molecular weight is 234 g/mol. The van der Waals surface area contributed by atoms with Gasteiger partial charge in [-0.15, -0.1) is 0 Å². The van der Waals surface area contributed by atoms with Gasteiger partial charge in [-0.25, -0.2) is 0 Å². The van der Waals surface area contributed by atoms with Gasteiger partial charge in [0.05, 0.1) is 12.5 Å². The van der Waals surface area contributed by atoms with Crippen LogP contribution in [0.4, 0.5) is 0 Å². The van der Waals surface area contributed by atoms with E-state index in [9.17, 15) is 9.59 Å². The molecule has 2 N–H and O–H groups in total. The highest BCUT2D eigenvalue weighted by Gasteiger charge is 2.19. The van der Waals surface area contributed by atoms with E-state index >= 15 is 0 Å². The number of carbonyl (C=O) groups is 2. The molecule has 0 aromatic heterocycles. The summed E-state index contributed by atoms with van der Waals surface area (Å²) in [4.78, 5) is 23.9. The quantitative estimate of drug-likeness (QED) is 0.606. The predicted molar refractivity (Wildman–Crippen MR) is 62.3 cm³/mol. The molecule has 16 heavy (non-hydrogen) atoms. The number of aliphatic carboxylic acids is 1. The lowest BCUT2D eigenvalue weighted by Gasteiger charge is -2.23. The maximum Gasteiger partial charge on any atom is 0.305 e. The number of carboxylic acids is 1. The van der Waals surface area contributed by atoms with Gasteiger partial charge in [0.15, 0.2) is 0 Å². The first-order chi connectivity index (χ1) is 7.49. The third-order valence-electron chi connectivity index (χ3n) is 2.40. The van der Waals surface area contributed by atoms with Crippen molar-refractivity contribution in [2.45, 2.75) is 38.6 Å². The summed E-state index contributed by atoms with van der Waals surface area (Å²) in [5.74, 6) is -0.977. The molecule has 1 atom stereocenters. The molecule has 0 aliphatic heterocycles. The molecule has 0 rings (SSSR count). The Morgan fingerprint density at radius 3 is 2.44 bits per heavy atom. The highest BCUT2D eigenvalue weighted by Crippen LogP contribution is 2.05. The summed E-state index contributed by atoms with van der Waals surface area (Å²) in [6.45, 7) is 2.28. The number of hydrogen-bond donors (Lipinski definition) is 2. The number of rotatable bonds is 8. The second-order valence-electron chi connectivity index (χ2n) is 4.06. The molecule has 0 heterocycles. The van der Waals surface area contributed by atoms with Crippen LogP contribution in [0.15, 0.2) is 0 Å². The van der Waals surface area contributed by atoms with Gasteiger partial charge in [-0.1, -0.05) is 19.8 Å². The number of carboxylic acid groups (broad SMARTS) is 1. The van der Waals surface area contributed by atoms with Gasteiger partial charge in [0.2, 0.25) is 5.91 Å². The van der Waals surface area contributed by atoms with Crippen molar-refractivity contribution in [3.05, 3.63) is 0 Å². The fraction of sp³-hybridized carbons (Fsp3) is 0.818. The smallest absolute Gasteiger partial charge is 0.305 e. The molecule has 94 valence electrons. The van der Waals surface area contributed by atoms with Crippen molar-refractivity contribution in [2.24, 2.45) is 0 Å². The van der Waals surface area contributed by atoms with Gasteiger partial charge < -0.3 is 10.4 Å². The number of amides is 1. The Morgan fingerprint density at radius 2 is 2.00 bits per heavy atom. The molecule has 0 saturated carbocycles. The lowest BCUT2D eigenvalue weighted by atomic mass is 10.2. The molecule has 5 nitrogen and oxygen atoms in total. The topological polar surface area (TPSA) is 69.6 Å². The number of nitrogens with zero attached hydrogens (tertiary/aromatic N) is 1. The molecule has 0 aliphatic carbocycles. The number of nitrogens with one attached hydrogen (secondary N) is 1. The van der Waals surface area contributed by atoms with E-state index in [1.165, 1.54) is 0 Å². The Bertz CT molecular complexity index is 229. The minimum Gasteiger partial charge on any atom is -0.481 e. The zero-order valence-electron chi connectivity index (χ0n) is 10.3. The largest absolute Gasteiger partial charge is 0.481 e. The van der Waals surface area contributed by atoms with Crippen molar-refractivity contribution in [1.29, 1.82) is 0 Å². The summed E-state index contributed by atoms with van der Waals surface area (Å²) in [6.07, 6.45) is 2.82. The van der Waals surface area contributed by atoms with Crippen LogP contribution in [0.5, 0.6) is 0 Å². The number of likely N-dealkylation sites (N-methyl/N-ethyl adjacent to an activating group) is 1. The normalized spacial score (nSPS) is 12.5. The van der Waals surface area contributed by atoms with E-state index in [0.29, 0.717) is 0 Å². The summed E-state index contributed by atoms with van der Waals surface area (Å²) in [6, 6.07) is -0.159. The van der Waals surface area contributed by atoms with Crippen LogP contribution in [-0.4, -0.2) is 48.6 Å². The van der Waals surface area contributed by atoms with Crippen molar-refractivity contribution >= 4 is 11.9 Å². The van der Waals surface area contributed by atoms with Crippen LogP contribution in [0.3, 0.4) is 0 Å². The Labute approximate surface area is 96.8 Å². The van der Waals surface area contributed by atoms with Crippen molar-refractivity contribution in [1.82, 2.24) is 10.2 Å². The van der Waals surface area contributed by atoms with Crippen molar-refractivity contribution in [3.63, 3.8) is 0 Å². The molecule has 0 bridgehead atoms.